The number of likely N-dealkylation sites (N-methyl/N-ethyl adjacent to an activating group) is 1. The van der Waals surface area contributed by atoms with E-state index in [1.807, 2.05) is 31.3 Å². The van der Waals surface area contributed by atoms with Crippen molar-refractivity contribution in [3.05, 3.63) is 29.8 Å². The van der Waals surface area contributed by atoms with Crippen LogP contribution >= 0.6 is 22.6 Å². The van der Waals surface area contributed by atoms with E-state index in [0.717, 1.165) is 11.3 Å². The van der Waals surface area contributed by atoms with E-state index >= 15 is 0 Å². The van der Waals surface area contributed by atoms with Crippen LogP contribution < -0.4 is 4.90 Å². The molecule has 1 aliphatic rings. The lowest BCUT2D eigenvalue weighted by atomic mass is 10.2. The smallest absolute Gasteiger partial charge is 0.244 e. The summed E-state index contributed by atoms with van der Waals surface area (Å²) in [6, 6.07) is 7.91. The number of carbonyl (C=O) groups is 1. The van der Waals surface area contributed by atoms with E-state index in [2.05, 4.69) is 22.6 Å². The van der Waals surface area contributed by atoms with Crippen LogP contribution in [0, 0.1) is 0 Å². The van der Waals surface area contributed by atoms with Crippen LogP contribution in [0.25, 0.3) is 0 Å². The number of hydrogen-bond donors (Lipinski definition) is 0. The molecule has 1 aromatic carbocycles. The number of nitrogens with zero attached hydrogens (tertiary/aromatic N) is 1. The summed E-state index contributed by atoms with van der Waals surface area (Å²) in [5.74, 6) is 0.178. The molecule has 0 fully saturated rings. The molecule has 0 aliphatic carbocycles. The number of halogens is 1. The SMILES string of the molecule is CN1C(=O)C(I)c2ccccc21. The Morgan fingerprint density at radius 3 is 2.75 bits per heavy atom. The number of fused-ring (bicyclic) bond motifs is 1. The van der Waals surface area contributed by atoms with Gasteiger partial charge >= 0.3 is 0 Å². The third kappa shape index (κ3) is 0.957. The van der Waals surface area contributed by atoms with Crippen molar-refractivity contribution in [2.24, 2.45) is 0 Å². The molecule has 0 bridgehead atoms. The van der Waals surface area contributed by atoms with E-state index < -0.39 is 0 Å². The third-order valence-corrected chi connectivity index (χ3v) is 3.32. The predicted octanol–water partition coefficient (Wildman–Crippen LogP) is 2.14. The summed E-state index contributed by atoms with van der Waals surface area (Å²) in [5.41, 5.74) is 2.17. The Morgan fingerprint density at radius 1 is 1.42 bits per heavy atom. The molecule has 12 heavy (non-hydrogen) atoms. The van der Waals surface area contributed by atoms with Gasteiger partial charge in [-0.25, -0.2) is 0 Å². The third-order valence-electron chi connectivity index (χ3n) is 2.12. The minimum Gasteiger partial charge on any atom is -0.314 e. The minimum atomic E-state index is 0.00352. The molecular weight excluding hydrogens is 265 g/mol. The highest BCUT2D eigenvalue weighted by atomic mass is 127. The second-order valence-corrected chi connectivity index (χ2v) is 4.06. The Labute approximate surface area is 84.7 Å². The van der Waals surface area contributed by atoms with Crippen LogP contribution in [0.2, 0.25) is 0 Å². The second-order valence-electron chi connectivity index (χ2n) is 2.82. The zero-order chi connectivity index (χ0) is 8.72. The van der Waals surface area contributed by atoms with Gasteiger partial charge in [0.15, 0.2) is 0 Å². The monoisotopic (exact) mass is 273 g/mol. The van der Waals surface area contributed by atoms with Gasteiger partial charge in [0, 0.05) is 12.7 Å². The fraction of sp³-hybridized carbons (Fsp3) is 0.222. The number of carbonyl (C=O) groups excluding carboxylic acids is 1. The highest BCUT2D eigenvalue weighted by Gasteiger charge is 2.32. The molecule has 3 heteroatoms. The highest BCUT2D eigenvalue weighted by molar-refractivity contribution is 14.1. The summed E-state index contributed by atoms with van der Waals surface area (Å²) in [6.45, 7) is 0. The quantitative estimate of drug-likeness (QED) is 0.524. The maximum Gasteiger partial charge on any atom is 0.244 e. The normalized spacial score (nSPS) is 21.3. The van der Waals surface area contributed by atoms with Gasteiger partial charge in [-0.3, -0.25) is 4.79 Å². The van der Waals surface area contributed by atoms with E-state index in [4.69, 9.17) is 0 Å². The van der Waals surface area contributed by atoms with E-state index in [9.17, 15) is 4.79 Å². The molecule has 1 amide bonds. The summed E-state index contributed by atoms with van der Waals surface area (Å²) >= 11 is 2.17. The number of rotatable bonds is 0. The summed E-state index contributed by atoms with van der Waals surface area (Å²) in [7, 11) is 1.82. The first-order valence-corrected chi connectivity index (χ1v) is 4.97. The first-order valence-electron chi connectivity index (χ1n) is 3.72. The number of amides is 1. The molecule has 0 spiro atoms. The summed E-state index contributed by atoms with van der Waals surface area (Å²) in [4.78, 5) is 13.2. The van der Waals surface area contributed by atoms with Crippen molar-refractivity contribution in [1.29, 1.82) is 0 Å². The average molecular weight is 273 g/mol. The summed E-state index contributed by atoms with van der Waals surface area (Å²) < 4.78 is 0.00352. The highest BCUT2D eigenvalue weighted by Crippen LogP contribution is 2.39. The lowest BCUT2D eigenvalue weighted by molar-refractivity contribution is -0.117. The van der Waals surface area contributed by atoms with Gasteiger partial charge in [-0.15, -0.1) is 0 Å². The predicted molar refractivity (Wildman–Crippen MR) is 56.6 cm³/mol. The number of alkyl halides is 1. The van der Waals surface area contributed by atoms with Gasteiger partial charge in [0.2, 0.25) is 5.91 Å². The Morgan fingerprint density at radius 2 is 2.08 bits per heavy atom. The van der Waals surface area contributed by atoms with Gasteiger partial charge in [-0.1, -0.05) is 40.8 Å². The van der Waals surface area contributed by atoms with Gasteiger partial charge < -0.3 is 4.90 Å². The van der Waals surface area contributed by atoms with Crippen LogP contribution in [0.15, 0.2) is 24.3 Å². The van der Waals surface area contributed by atoms with Crippen LogP contribution in [0.3, 0.4) is 0 Å². The van der Waals surface area contributed by atoms with E-state index in [-0.39, 0.29) is 9.83 Å². The van der Waals surface area contributed by atoms with Crippen LogP contribution in [0.5, 0.6) is 0 Å². The van der Waals surface area contributed by atoms with Gasteiger partial charge in [0.25, 0.3) is 0 Å². The maximum atomic E-state index is 11.5. The van der Waals surface area contributed by atoms with Crippen molar-refractivity contribution >= 4 is 34.2 Å². The molecule has 2 nitrogen and oxygen atoms in total. The lowest BCUT2D eigenvalue weighted by Gasteiger charge is -2.08. The van der Waals surface area contributed by atoms with Crippen molar-refractivity contribution in [1.82, 2.24) is 0 Å². The zero-order valence-corrected chi connectivity index (χ0v) is 8.78. The molecule has 62 valence electrons. The Balaban J connectivity index is 2.59. The molecule has 0 saturated carbocycles. The van der Waals surface area contributed by atoms with Crippen molar-refractivity contribution < 1.29 is 4.79 Å². The topological polar surface area (TPSA) is 20.3 Å². The molecule has 0 saturated heterocycles. The molecule has 2 rings (SSSR count). The summed E-state index contributed by atoms with van der Waals surface area (Å²) in [6.07, 6.45) is 0. The number of anilines is 1. The van der Waals surface area contributed by atoms with E-state index in [0.29, 0.717) is 0 Å². The van der Waals surface area contributed by atoms with Crippen molar-refractivity contribution in [2.45, 2.75) is 3.92 Å². The van der Waals surface area contributed by atoms with Crippen molar-refractivity contribution in [3.8, 4) is 0 Å². The number of benzene rings is 1. The van der Waals surface area contributed by atoms with Crippen LogP contribution in [-0.4, -0.2) is 13.0 Å². The Hall–Kier alpha value is -0.580. The summed E-state index contributed by atoms with van der Waals surface area (Å²) in [5, 5.41) is 0. The molecule has 0 aromatic heterocycles. The molecule has 1 aliphatic heterocycles. The minimum absolute atomic E-state index is 0.00352. The van der Waals surface area contributed by atoms with Crippen LogP contribution in [-0.2, 0) is 4.79 Å². The maximum absolute atomic E-state index is 11.5. The molecule has 0 radical (unpaired) electrons. The molecule has 1 aromatic rings. The molecule has 1 atom stereocenters. The molecule has 1 unspecified atom stereocenters. The molecular formula is C9H8INO. The number of para-hydroxylation sites is 1. The second kappa shape index (κ2) is 2.73. The van der Waals surface area contributed by atoms with Crippen molar-refractivity contribution in [2.75, 3.05) is 11.9 Å². The van der Waals surface area contributed by atoms with Gasteiger partial charge in [0.1, 0.15) is 3.92 Å². The van der Waals surface area contributed by atoms with Gasteiger partial charge in [-0.2, -0.15) is 0 Å². The Bertz CT molecular complexity index is 306. The van der Waals surface area contributed by atoms with Gasteiger partial charge in [-0.05, 0) is 11.6 Å². The largest absolute Gasteiger partial charge is 0.314 e. The molecule has 0 N–H and O–H groups in total. The average Bonchev–Trinajstić information content (AvgIpc) is 2.33. The van der Waals surface area contributed by atoms with Crippen molar-refractivity contribution in [3.63, 3.8) is 0 Å². The van der Waals surface area contributed by atoms with Gasteiger partial charge in [0.05, 0.1) is 0 Å². The lowest BCUT2D eigenvalue weighted by Crippen LogP contribution is -2.21. The fourth-order valence-corrected chi connectivity index (χ4v) is 2.37. The molecule has 1 heterocycles. The standard InChI is InChI=1S/C9H8INO/c1-11-7-5-3-2-4-6(7)8(10)9(11)12/h2-5,8H,1H3. The zero-order valence-electron chi connectivity index (χ0n) is 6.62. The van der Waals surface area contributed by atoms with E-state index in [1.54, 1.807) is 4.90 Å². The fourth-order valence-electron chi connectivity index (χ4n) is 1.43. The number of hydrogen-bond acceptors (Lipinski definition) is 1. The van der Waals surface area contributed by atoms with E-state index in [1.165, 1.54) is 0 Å². The van der Waals surface area contributed by atoms with Crippen LogP contribution in [0.1, 0.15) is 9.49 Å². The van der Waals surface area contributed by atoms with Crippen LogP contribution in [0.4, 0.5) is 5.69 Å². The first-order chi connectivity index (χ1) is 5.72. The Kier molecular flexibility index (Phi) is 1.83. The first kappa shape index (κ1) is 8.04.